The molecule has 1 aromatic heterocycles. The number of urea groups is 1. The molecular formula is C26H27ClN6O2. The molecular weight excluding hydrogens is 464 g/mol. The zero-order valence-electron chi connectivity index (χ0n) is 20.2. The second-order valence-corrected chi connectivity index (χ2v) is 9.19. The minimum absolute atomic E-state index is 0.0300. The fraction of sp³-hybridized carbons (Fsp3) is 0.308. The molecule has 180 valence electrons. The molecule has 9 heteroatoms. The van der Waals surface area contributed by atoms with Crippen LogP contribution in [0.5, 0.6) is 0 Å². The lowest BCUT2D eigenvalue weighted by molar-refractivity contribution is 0.0985. The number of carbonyl (C=O) groups is 2. The molecule has 8 nitrogen and oxygen atoms in total. The average Bonchev–Trinajstić information content (AvgIpc) is 3.22. The highest BCUT2D eigenvalue weighted by Gasteiger charge is 2.30. The smallest absolute Gasteiger partial charge is 0.322 e. The minimum atomic E-state index is -0.268. The topological polar surface area (TPSA) is 94.3 Å². The fourth-order valence-corrected chi connectivity index (χ4v) is 4.43. The first-order valence-electron chi connectivity index (χ1n) is 11.4. The van der Waals surface area contributed by atoms with Gasteiger partial charge in [-0.05, 0) is 48.9 Å². The second-order valence-electron chi connectivity index (χ2n) is 8.76. The van der Waals surface area contributed by atoms with Crippen LogP contribution in [0.4, 0.5) is 16.2 Å². The third kappa shape index (κ3) is 4.86. The molecule has 4 rings (SSSR count). The number of anilines is 2. The van der Waals surface area contributed by atoms with Crippen LogP contribution in [-0.2, 0) is 13.1 Å². The zero-order valence-corrected chi connectivity index (χ0v) is 21.0. The highest BCUT2D eigenvalue weighted by atomic mass is 35.5. The first-order chi connectivity index (χ1) is 16.7. The van der Waals surface area contributed by atoms with E-state index in [1.165, 1.54) is 0 Å². The van der Waals surface area contributed by atoms with Gasteiger partial charge in [-0.2, -0.15) is 10.4 Å². The Bertz CT molecular complexity index is 1350. The molecule has 0 fully saturated rings. The van der Waals surface area contributed by atoms with Crippen molar-refractivity contribution >= 4 is 34.8 Å². The van der Waals surface area contributed by atoms with Crippen LogP contribution >= 0.6 is 11.6 Å². The van der Waals surface area contributed by atoms with E-state index in [4.69, 9.17) is 22.0 Å². The summed E-state index contributed by atoms with van der Waals surface area (Å²) in [4.78, 5) is 29.7. The highest BCUT2D eigenvalue weighted by molar-refractivity contribution is 6.31. The quantitative estimate of drug-likeness (QED) is 0.503. The summed E-state index contributed by atoms with van der Waals surface area (Å²) >= 11 is 6.38. The number of nitrogens with one attached hydrogen (secondary N) is 1. The normalized spacial score (nSPS) is 12.6. The molecule has 0 bridgehead atoms. The van der Waals surface area contributed by atoms with Crippen molar-refractivity contribution in [2.75, 3.05) is 30.9 Å². The number of aryl methyl sites for hydroxylation is 1. The number of fused-ring (bicyclic) bond motifs is 1. The van der Waals surface area contributed by atoms with Gasteiger partial charge in [0.05, 0.1) is 36.0 Å². The Morgan fingerprint density at radius 2 is 1.97 bits per heavy atom. The van der Waals surface area contributed by atoms with Crippen molar-refractivity contribution in [3.63, 3.8) is 0 Å². The SMILES string of the molecule is CCC(=O)c1c(-c2cc(Cl)cc(N(C)C)c2)nn2c1CN(C(=O)Nc1ccc(C#N)c(C)c1)CC2. The van der Waals surface area contributed by atoms with Crippen molar-refractivity contribution in [1.29, 1.82) is 5.26 Å². The molecule has 2 aromatic carbocycles. The first-order valence-corrected chi connectivity index (χ1v) is 11.8. The standard InChI is InChI=1S/C26H27ClN6O2/c1-5-23(34)24-22-15-32(26(35)29-20-7-6-17(14-28)16(2)10-20)8-9-33(22)30-25(24)18-11-19(27)13-21(12-18)31(3)4/h6-7,10-13H,5,8-9,15H2,1-4H3,(H,29,35). The van der Waals surface area contributed by atoms with Crippen LogP contribution in [0.3, 0.4) is 0 Å². The number of amides is 2. The maximum atomic E-state index is 13.1. The summed E-state index contributed by atoms with van der Waals surface area (Å²) in [6.07, 6.45) is 0.323. The number of Topliss-reactive ketones (excluding diaryl/α,β-unsaturated/α-hetero) is 1. The summed E-state index contributed by atoms with van der Waals surface area (Å²) in [6, 6.07) is 12.7. The van der Waals surface area contributed by atoms with Gasteiger partial charge in [0.15, 0.2) is 5.78 Å². The predicted octanol–water partition coefficient (Wildman–Crippen LogP) is 5.09. The largest absolute Gasteiger partial charge is 0.378 e. The van der Waals surface area contributed by atoms with E-state index < -0.39 is 0 Å². The second kappa shape index (κ2) is 9.80. The molecule has 0 unspecified atom stereocenters. The monoisotopic (exact) mass is 490 g/mol. The number of carbonyl (C=O) groups excluding carboxylic acids is 2. The van der Waals surface area contributed by atoms with Gasteiger partial charge in [0.25, 0.3) is 0 Å². The molecule has 3 aromatic rings. The molecule has 0 atom stereocenters. The van der Waals surface area contributed by atoms with Gasteiger partial charge in [0.1, 0.15) is 5.69 Å². The number of nitriles is 1. The van der Waals surface area contributed by atoms with Crippen molar-refractivity contribution < 1.29 is 9.59 Å². The summed E-state index contributed by atoms with van der Waals surface area (Å²) in [7, 11) is 3.86. The number of benzene rings is 2. The number of hydrogen-bond acceptors (Lipinski definition) is 5. The summed E-state index contributed by atoms with van der Waals surface area (Å²) in [5.41, 5.74) is 5.49. The van der Waals surface area contributed by atoms with Crippen molar-refractivity contribution in [1.82, 2.24) is 14.7 Å². The van der Waals surface area contributed by atoms with E-state index in [0.29, 0.717) is 47.0 Å². The molecule has 1 N–H and O–H groups in total. The van der Waals surface area contributed by atoms with Crippen molar-refractivity contribution in [3.8, 4) is 17.3 Å². The van der Waals surface area contributed by atoms with Gasteiger partial charge in [-0.3, -0.25) is 9.48 Å². The molecule has 1 aliphatic heterocycles. The van der Waals surface area contributed by atoms with Crippen LogP contribution in [0.2, 0.25) is 5.02 Å². The maximum absolute atomic E-state index is 13.1. The van der Waals surface area contributed by atoms with Crippen LogP contribution in [-0.4, -0.2) is 47.1 Å². The molecule has 0 saturated carbocycles. The van der Waals surface area contributed by atoms with Crippen molar-refractivity contribution in [2.24, 2.45) is 0 Å². The van der Waals surface area contributed by atoms with Crippen molar-refractivity contribution in [2.45, 2.75) is 33.4 Å². The molecule has 0 radical (unpaired) electrons. The van der Waals surface area contributed by atoms with Crippen LogP contribution in [0.1, 0.15) is 40.5 Å². The number of hydrogen-bond donors (Lipinski definition) is 1. The Morgan fingerprint density at radius 1 is 1.20 bits per heavy atom. The van der Waals surface area contributed by atoms with Gasteiger partial charge in [-0.15, -0.1) is 0 Å². The van der Waals surface area contributed by atoms with Gasteiger partial charge in [0, 0.05) is 49.0 Å². The first kappa shape index (κ1) is 24.3. The Hall–Kier alpha value is -3.83. The molecule has 0 saturated heterocycles. The number of halogens is 1. The number of nitrogens with zero attached hydrogens (tertiary/aromatic N) is 5. The number of rotatable bonds is 5. The summed E-state index contributed by atoms with van der Waals surface area (Å²) in [6.45, 7) is 4.83. The van der Waals surface area contributed by atoms with Crippen LogP contribution in [0, 0.1) is 18.3 Å². The lowest BCUT2D eigenvalue weighted by Crippen LogP contribution is -2.41. The van der Waals surface area contributed by atoms with Crippen LogP contribution in [0.25, 0.3) is 11.3 Å². The molecule has 35 heavy (non-hydrogen) atoms. The summed E-state index contributed by atoms with van der Waals surface area (Å²) in [5, 5.41) is 17.4. The third-order valence-corrected chi connectivity index (χ3v) is 6.36. The lowest BCUT2D eigenvalue weighted by Gasteiger charge is -2.28. The van der Waals surface area contributed by atoms with Gasteiger partial charge in [0.2, 0.25) is 0 Å². The van der Waals surface area contributed by atoms with E-state index in [9.17, 15) is 9.59 Å². The average molecular weight is 491 g/mol. The Morgan fingerprint density at radius 3 is 2.63 bits per heavy atom. The molecule has 0 spiro atoms. The minimum Gasteiger partial charge on any atom is -0.378 e. The van der Waals surface area contributed by atoms with Crippen LogP contribution < -0.4 is 10.2 Å². The predicted molar refractivity (Wildman–Crippen MR) is 137 cm³/mol. The maximum Gasteiger partial charge on any atom is 0.322 e. The van der Waals surface area contributed by atoms with E-state index in [0.717, 1.165) is 22.5 Å². The van der Waals surface area contributed by atoms with E-state index in [2.05, 4.69) is 11.4 Å². The highest BCUT2D eigenvalue weighted by Crippen LogP contribution is 2.33. The van der Waals surface area contributed by atoms with E-state index in [1.54, 1.807) is 23.1 Å². The lowest BCUT2D eigenvalue weighted by atomic mass is 9.99. The van der Waals surface area contributed by atoms with Crippen molar-refractivity contribution in [3.05, 3.63) is 63.8 Å². The van der Waals surface area contributed by atoms with Crippen LogP contribution in [0.15, 0.2) is 36.4 Å². The molecule has 0 aliphatic carbocycles. The summed E-state index contributed by atoms with van der Waals surface area (Å²) < 4.78 is 1.82. The molecule has 2 amide bonds. The van der Waals surface area contributed by atoms with E-state index in [1.807, 2.05) is 55.7 Å². The van der Waals surface area contributed by atoms with Gasteiger partial charge < -0.3 is 15.1 Å². The Labute approximate surface area is 209 Å². The van der Waals surface area contributed by atoms with E-state index >= 15 is 0 Å². The number of ketones is 1. The molecule has 2 heterocycles. The zero-order chi connectivity index (χ0) is 25.3. The van der Waals surface area contributed by atoms with Gasteiger partial charge >= 0.3 is 6.03 Å². The third-order valence-electron chi connectivity index (χ3n) is 6.14. The van der Waals surface area contributed by atoms with E-state index in [-0.39, 0.29) is 18.4 Å². The molecule has 1 aliphatic rings. The fourth-order valence-electron chi connectivity index (χ4n) is 4.20. The Balaban J connectivity index is 1.66. The number of aromatic nitrogens is 2. The summed E-state index contributed by atoms with van der Waals surface area (Å²) in [5.74, 6) is -0.0300. The van der Waals surface area contributed by atoms with Gasteiger partial charge in [-0.1, -0.05) is 18.5 Å². The Kier molecular flexibility index (Phi) is 6.81. The van der Waals surface area contributed by atoms with Gasteiger partial charge in [-0.25, -0.2) is 4.79 Å².